The van der Waals surface area contributed by atoms with Gasteiger partial charge in [0.2, 0.25) is 0 Å². The lowest BCUT2D eigenvalue weighted by atomic mass is 9.89. The number of rotatable bonds is 4. The van der Waals surface area contributed by atoms with E-state index < -0.39 is 22.2 Å². The zero-order chi connectivity index (χ0) is 20.5. The highest BCUT2D eigenvalue weighted by atomic mass is 35.5. The van der Waals surface area contributed by atoms with Crippen LogP contribution in [-0.2, 0) is 5.54 Å². The largest absolute Gasteiger partial charge is 0.379 e. The predicted molar refractivity (Wildman–Crippen MR) is 109 cm³/mol. The average Bonchev–Trinajstić information content (AvgIpc) is 2.63. The normalized spacial score (nSPS) is 19.0. The highest BCUT2D eigenvalue weighted by Gasteiger charge is 2.30. The second-order valence-electron chi connectivity index (χ2n) is 6.39. The molecule has 1 aliphatic heterocycles. The maximum Gasteiger partial charge on any atom is 0.270 e. The number of nitrogens with two attached hydrogens (primary N) is 1. The van der Waals surface area contributed by atoms with E-state index in [4.69, 9.17) is 17.3 Å². The number of halogens is 2. The van der Waals surface area contributed by atoms with Crippen LogP contribution in [0.3, 0.4) is 0 Å². The number of carbonyl (C=O) groups excluding carboxylic acids is 1. The van der Waals surface area contributed by atoms with Gasteiger partial charge in [-0.1, -0.05) is 29.4 Å². The number of hydrogen-bond donors (Lipinski definition) is 2. The monoisotopic (exact) mass is 422 g/mol. The van der Waals surface area contributed by atoms with Crippen molar-refractivity contribution in [2.45, 2.75) is 18.9 Å². The van der Waals surface area contributed by atoms with E-state index >= 15 is 0 Å². The lowest BCUT2D eigenvalue weighted by Crippen LogP contribution is -2.29. The molecule has 1 amide bonds. The smallest absolute Gasteiger partial charge is 0.270 e. The van der Waals surface area contributed by atoms with Crippen LogP contribution >= 0.6 is 23.4 Å². The summed E-state index contributed by atoms with van der Waals surface area (Å²) in [5.41, 5.74) is 5.40. The molecule has 0 aliphatic carbocycles. The lowest BCUT2D eigenvalue weighted by Gasteiger charge is -2.30. The first-order valence-corrected chi connectivity index (χ1v) is 9.59. The fraction of sp³-hybridized carbons (Fsp3) is 0.222. The summed E-state index contributed by atoms with van der Waals surface area (Å²) in [6.07, 6.45) is 0.702. The van der Waals surface area contributed by atoms with Crippen LogP contribution in [0.2, 0.25) is 5.02 Å². The van der Waals surface area contributed by atoms with Crippen LogP contribution in [0.15, 0.2) is 41.4 Å². The Morgan fingerprint density at radius 1 is 1.39 bits per heavy atom. The number of hydrogen-bond acceptors (Lipinski definition) is 6. The number of thioether (sulfide) groups is 1. The van der Waals surface area contributed by atoms with Crippen molar-refractivity contribution in [2.75, 3.05) is 11.1 Å². The van der Waals surface area contributed by atoms with Crippen LogP contribution in [0, 0.1) is 15.9 Å². The number of non-ortho nitro benzene ring substituents is 1. The fourth-order valence-electron chi connectivity index (χ4n) is 2.84. The third-order valence-electron chi connectivity index (χ3n) is 4.44. The minimum Gasteiger partial charge on any atom is -0.379 e. The Balaban J connectivity index is 1.93. The van der Waals surface area contributed by atoms with Gasteiger partial charge >= 0.3 is 0 Å². The van der Waals surface area contributed by atoms with Crippen LogP contribution in [-0.4, -0.2) is 21.8 Å². The number of aliphatic imine (C=N–C) groups is 1. The van der Waals surface area contributed by atoms with Crippen molar-refractivity contribution < 1.29 is 14.1 Å². The number of nitro groups is 1. The Morgan fingerprint density at radius 3 is 2.82 bits per heavy atom. The molecule has 0 spiro atoms. The molecular formula is C18H16ClFN4O3S. The third-order valence-corrected chi connectivity index (χ3v) is 5.56. The van der Waals surface area contributed by atoms with Gasteiger partial charge in [0.25, 0.3) is 11.6 Å². The summed E-state index contributed by atoms with van der Waals surface area (Å²) in [7, 11) is 0. The number of amidine groups is 1. The fourth-order valence-corrected chi connectivity index (χ4v) is 4.02. The number of amides is 1. The van der Waals surface area contributed by atoms with Crippen LogP contribution < -0.4 is 11.1 Å². The predicted octanol–water partition coefficient (Wildman–Crippen LogP) is 4.31. The molecule has 0 aromatic heterocycles. The van der Waals surface area contributed by atoms with Gasteiger partial charge in [0.15, 0.2) is 5.17 Å². The van der Waals surface area contributed by atoms with Gasteiger partial charge in [-0.25, -0.2) is 4.39 Å². The van der Waals surface area contributed by atoms with Gasteiger partial charge < -0.3 is 11.1 Å². The summed E-state index contributed by atoms with van der Waals surface area (Å²) in [4.78, 5) is 27.3. The topological polar surface area (TPSA) is 111 Å². The SMILES string of the molecule is CC1(c2ccc(F)c(NC(=O)c3cc([N+](=O)[O-])ccc3Cl)c2)CCSC(N)=N1. The summed E-state index contributed by atoms with van der Waals surface area (Å²) in [5, 5.41) is 13.8. The van der Waals surface area contributed by atoms with Gasteiger partial charge in [-0.3, -0.25) is 19.9 Å². The van der Waals surface area contributed by atoms with Crippen molar-refractivity contribution in [1.82, 2.24) is 0 Å². The molecule has 0 saturated carbocycles. The van der Waals surface area contributed by atoms with E-state index in [0.717, 1.165) is 11.8 Å². The molecule has 1 unspecified atom stereocenters. The molecule has 0 fully saturated rings. The Kier molecular flexibility index (Phi) is 5.57. The number of nitrogens with zero attached hydrogens (tertiary/aromatic N) is 2. The van der Waals surface area contributed by atoms with Gasteiger partial charge in [0.05, 0.1) is 26.7 Å². The van der Waals surface area contributed by atoms with E-state index in [1.54, 1.807) is 6.07 Å². The molecule has 2 aromatic carbocycles. The van der Waals surface area contributed by atoms with Gasteiger partial charge in [-0.2, -0.15) is 0 Å². The summed E-state index contributed by atoms with van der Waals surface area (Å²) < 4.78 is 14.3. The van der Waals surface area contributed by atoms with Gasteiger partial charge in [0, 0.05) is 17.9 Å². The van der Waals surface area contributed by atoms with Crippen molar-refractivity contribution in [3.63, 3.8) is 0 Å². The van der Waals surface area contributed by atoms with Crippen molar-refractivity contribution in [2.24, 2.45) is 10.7 Å². The second-order valence-corrected chi connectivity index (χ2v) is 7.91. The molecule has 0 bridgehead atoms. The highest BCUT2D eigenvalue weighted by molar-refractivity contribution is 8.13. The first-order chi connectivity index (χ1) is 13.2. The number of nitrogens with one attached hydrogen (secondary N) is 1. The first-order valence-electron chi connectivity index (χ1n) is 8.23. The molecular weight excluding hydrogens is 407 g/mol. The first kappa shape index (κ1) is 20.1. The van der Waals surface area contributed by atoms with E-state index in [-0.39, 0.29) is 22.0 Å². The minimum atomic E-state index is -0.753. The quantitative estimate of drug-likeness (QED) is 0.563. The van der Waals surface area contributed by atoms with Crippen molar-refractivity contribution in [3.05, 3.63) is 68.5 Å². The number of carbonyl (C=O) groups is 1. The molecule has 2 aromatic rings. The zero-order valence-electron chi connectivity index (χ0n) is 14.7. The maximum atomic E-state index is 14.3. The van der Waals surface area contributed by atoms with Gasteiger partial charge in [0.1, 0.15) is 5.82 Å². The summed E-state index contributed by atoms with van der Waals surface area (Å²) in [6.45, 7) is 1.88. The standard InChI is InChI=1S/C18H16ClFN4O3S/c1-18(6-7-28-17(21)23-18)10-2-5-14(20)15(8-10)22-16(25)12-9-11(24(26)27)3-4-13(12)19/h2-5,8-9H,6-7H2,1H3,(H2,21,23)(H,22,25). The van der Waals surface area contributed by atoms with Crippen LogP contribution in [0.5, 0.6) is 0 Å². The number of benzene rings is 2. The maximum absolute atomic E-state index is 14.3. The Morgan fingerprint density at radius 2 is 2.14 bits per heavy atom. The molecule has 146 valence electrons. The molecule has 3 N–H and O–H groups in total. The third kappa shape index (κ3) is 4.10. The molecule has 1 atom stereocenters. The van der Waals surface area contributed by atoms with Crippen molar-refractivity contribution in [1.29, 1.82) is 0 Å². The number of anilines is 1. The minimum absolute atomic E-state index is 0.0216. The van der Waals surface area contributed by atoms with E-state index in [2.05, 4.69) is 10.3 Å². The molecule has 1 heterocycles. The summed E-state index contributed by atoms with van der Waals surface area (Å²) in [6, 6.07) is 7.80. The van der Waals surface area contributed by atoms with Crippen LogP contribution in [0.25, 0.3) is 0 Å². The van der Waals surface area contributed by atoms with Crippen LogP contribution in [0.4, 0.5) is 15.8 Å². The molecule has 0 saturated heterocycles. The highest BCUT2D eigenvalue weighted by Crippen LogP contribution is 2.36. The van der Waals surface area contributed by atoms with Gasteiger partial charge in [-0.05, 0) is 37.1 Å². The molecule has 0 radical (unpaired) electrons. The molecule has 28 heavy (non-hydrogen) atoms. The lowest BCUT2D eigenvalue weighted by molar-refractivity contribution is -0.384. The molecule has 7 nitrogen and oxygen atoms in total. The van der Waals surface area contributed by atoms with Crippen molar-refractivity contribution >= 4 is 45.8 Å². The average molecular weight is 423 g/mol. The molecule has 1 aliphatic rings. The van der Waals surface area contributed by atoms with Gasteiger partial charge in [-0.15, -0.1) is 0 Å². The zero-order valence-corrected chi connectivity index (χ0v) is 16.3. The van der Waals surface area contributed by atoms with Crippen molar-refractivity contribution in [3.8, 4) is 0 Å². The Labute approximate surface area is 169 Å². The van der Waals surface area contributed by atoms with E-state index in [1.807, 2.05) is 6.92 Å². The van der Waals surface area contributed by atoms with E-state index in [0.29, 0.717) is 17.2 Å². The molecule has 10 heteroatoms. The Hall–Kier alpha value is -2.65. The summed E-state index contributed by atoms with van der Waals surface area (Å²) in [5.74, 6) is -0.629. The van der Waals surface area contributed by atoms with E-state index in [1.165, 1.54) is 36.0 Å². The number of nitro benzene ring substituents is 1. The van der Waals surface area contributed by atoms with E-state index in [9.17, 15) is 19.3 Å². The van der Waals surface area contributed by atoms with Crippen LogP contribution in [0.1, 0.15) is 29.3 Å². The Bertz CT molecular complexity index is 1000. The summed E-state index contributed by atoms with van der Waals surface area (Å²) >= 11 is 7.43. The second kappa shape index (κ2) is 7.76. The molecule has 3 rings (SSSR count).